The summed E-state index contributed by atoms with van der Waals surface area (Å²) >= 11 is 0. The SMILES string of the molecule is CCCC[NH2+][C@H](C)CC[C@@H](C)Oc1ccccc1C. The fourth-order valence-electron chi connectivity index (χ4n) is 2.19. The number of benzene rings is 1. The van der Waals surface area contributed by atoms with Crippen LogP contribution in [0.1, 0.15) is 52.0 Å². The number of hydrogen-bond donors (Lipinski definition) is 1. The highest BCUT2D eigenvalue weighted by Gasteiger charge is 2.10. The molecule has 19 heavy (non-hydrogen) atoms. The van der Waals surface area contributed by atoms with Gasteiger partial charge in [-0.05, 0) is 45.2 Å². The van der Waals surface area contributed by atoms with Crippen LogP contribution in [0.5, 0.6) is 5.75 Å². The highest BCUT2D eigenvalue weighted by Crippen LogP contribution is 2.19. The van der Waals surface area contributed by atoms with Gasteiger partial charge in [0.05, 0.1) is 18.7 Å². The summed E-state index contributed by atoms with van der Waals surface area (Å²) in [6, 6.07) is 8.95. The monoisotopic (exact) mass is 264 g/mol. The maximum Gasteiger partial charge on any atom is 0.122 e. The van der Waals surface area contributed by atoms with E-state index >= 15 is 0 Å². The van der Waals surface area contributed by atoms with Crippen molar-refractivity contribution >= 4 is 0 Å². The molecule has 0 aliphatic carbocycles. The summed E-state index contributed by atoms with van der Waals surface area (Å²) in [5.41, 5.74) is 1.22. The van der Waals surface area contributed by atoms with Gasteiger partial charge < -0.3 is 10.1 Å². The zero-order valence-electron chi connectivity index (χ0n) is 13.0. The van der Waals surface area contributed by atoms with Crippen LogP contribution in [0.25, 0.3) is 0 Å². The minimum Gasteiger partial charge on any atom is -0.490 e. The van der Waals surface area contributed by atoms with Crippen LogP contribution in [0.2, 0.25) is 0 Å². The third-order valence-electron chi connectivity index (χ3n) is 3.58. The van der Waals surface area contributed by atoms with E-state index < -0.39 is 0 Å². The lowest BCUT2D eigenvalue weighted by molar-refractivity contribution is -0.687. The third kappa shape index (κ3) is 6.63. The van der Waals surface area contributed by atoms with Crippen LogP contribution in [0, 0.1) is 6.92 Å². The van der Waals surface area contributed by atoms with Crippen LogP contribution < -0.4 is 10.1 Å². The molecular weight excluding hydrogens is 234 g/mol. The molecule has 0 amide bonds. The zero-order chi connectivity index (χ0) is 14.1. The maximum absolute atomic E-state index is 6.01. The lowest BCUT2D eigenvalue weighted by atomic mass is 10.1. The predicted molar refractivity (Wildman–Crippen MR) is 81.7 cm³/mol. The number of quaternary nitrogens is 1. The Balaban J connectivity index is 2.24. The summed E-state index contributed by atoms with van der Waals surface area (Å²) in [5, 5.41) is 2.46. The molecule has 0 spiro atoms. The van der Waals surface area contributed by atoms with Crippen LogP contribution in [0.3, 0.4) is 0 Å². The lowest BCUT2D eigenvalue weighted by Crippen LogP contribution is -2.89. The summed E-state index contributed by atoms with van der Waals surface area (Å²) in [6.07, 6.45) is 5.24. The molecule has 0 radical (unpaired) electrons. The normalized spacial score (nSPS) is 14.1. The Bertz CT molecular complexity index is 351. The second kappa shape index (κ2) is 8.98. The van der Waals surface area contributed by atoms with E-state index in [4.69, 9.17) is 4.74 Å². The van der Waals surface area contributed by atoms with Crippen molar-refractivity contribution in [3.05, 3.63) is 29.8 Å². The first-order valence-electron chi connectivity index (χ1n) is 7.69. The summed E-state index contributed by atoms with van der Waals surface area (Å²) in [5.74, 6) is 1.03. The van der Waals surface area contributed by atoms with Crippen LogP contribution in [0.4, 0.5) is 0 Å². The molecule has 0 aromatic heterocycles. The van der Waals surface area contributed by atoms with Crippen molar-refractivity contribution in [3.8, 4) is 5.75 Å². The molecule has 2 atom stereocenters. The molecular formula is C17H30NO+. The van der Waals surface area contributed by atoms with Gasteiger partial charge in [0.25, 0.3) is 0 Å². The van der Waals surface area contributed by atoms with Gasteiger partial charge in [-0.15, -0.1) is 0 Å². The number of rotatable bonds is 9. The highest BCUT2D eigenvalue weighted by molar-refractivity contribution is 5.31. The standard InChI is InChI=1S/C17H29NO/c1-5-6-13-18-15(3)11-12-16(4)19-17-10-8-7-9-14(17)2/h7-10,15-16,18H,5-6,11-13H2,1-4H3/p+1/t15-,16-/m1/s1. The Morgan fingerprint density at radius 3 is 2.58 bits per heavy atom. The van der Waals surface area contributed by atoms with Crippen molar-refractivity contribution in [1.29, 1.82) is 0 Å². The third-order valence-corrected chi connectivity index (χ3v) is 3.58. The second-order valence-electron chi connectivity index (χ2n) is 5.63. The van der Waals surface area contributed by atoms with Gasteiger partial charge in [-0.3, -0.25) is 0 Å². The molecule has 2 N–H and O–H groups in total. The molecule has 1 aromatic carbocycles. The maximum atomic E-state index is 6.01. The molecule has 0 aliphatic heterocycles. The van der Waals surface area contributed by atoms with Gasteiger partial charge in [0.2, 0.25) is 0 Å². The van der Waals surface area contributed by atoms with Crippen molar-refractivity contribution in [1.82, 2.24) is 0 Å². The van der Waals surface area contributed by atoms with Gasteiger partial charge in [-0.2, -0.15) is 0 Å². The summed E-state index contributed by atoms with van der Waals surface area (Å²) in [7, 11) is 0. The molecule has 0 unspecified atom stereocenters. The zero-order valence-corrected chi connectivity index (χ0v) is 13.0. The first kappa shape index (κ1) is 16.0. The molecule has 0 heterocycles. The number of unbranched alkanes of at least 4 members (excludes halogenated alkanes) is 1. The van der Waals surface area contributed by atoms with Crippen LogP contribution in [0.15, 0.2) is 24.3 Å². The molecule has 1 aromatic rings. The van der Waals surface area contributed by atoms with E-state index in [9.17, 15) is 0 Å². The van der Waals surface area contributed by atoms with Crippen molar-refractivity contribution in [2.45, 2.75) is 65.5 Å². The number of nitrogens with two attached hydrogens (primary N) is 1. The lowest BCUT2D eigenvalue weighted by Gasteiger charge is -2.18. The van der Waals surface area contributed by atoms with Crippen molar-refractivity contribution < 1.29 is 10.1 Å². The minimum absolute atomic E-state index is 0.295. The van der Waals surface area contributed by atoms with E-state index in [1.54, 1.807) is 0 Å². The number of para-hydroxylation sites is 1. The second-order valence-corrected chi connectivity index (χ2v) is 5.63. The van der Waals surface area contributed by atoms with E-state index in [1.165, 1.54) is 31.4 Å². The topological polar surface area (TPSA) is 25.8 Å². The summed E-state index contributed by atoms with van der Waals surface area (Å²) < 4.78 is 6.01. The quantitative estimate of drug-likeness (QED) is 0.680. The van der Waals surface area contributed by atoms with Gasteiger partial charge >= 0.3 is 0 Å². The van der Waals surface area contributed by atoms with Crippen molar-refractivity contribution in [3.63, 3.8) is 0 Å². The van der Waals surface area contributed by atoms with E-state index in [0.29, 0.717) is 12.1 Å². The van der Waals surface area contributed by atoms with Crippen LogP contribution in [-0.2, 0) is 0 Å². The molecule has 2 heteroatoms. The molecule has 0 saturated carbocycles. The first-order chi connectivity index (χ1) is 9.13. The number of hydrogen-bond acceptors (Lipinski definition) is 1. The number of aryl methyl sites for hydroxylation is 1. The van der Waals surface area contributed by atoms with Gasteiger partial charge in [0.1, 0.15) is 5.75 Å². The highest BCUT2D eigenvalue weighted by atomic mass is 16.5. The van der Waals surface area contributed by atoms with Crippen molar-refractivity contribution in [2.24, 2.45) is 0 Å². The molecule has 1 rings (SSSR count). The van der Waals surface area contributed by atoms with E-state index in [0.717, 1.165) is 12.2 Å². The van der Waals surface area contributed by atoms with Crippen molar-refractivity contribution in [2.75, 3.05) is 6.54 Å². The molecule has 0 saturated heterocycles. The molecule has 0 aliphatic rings. The van der Waals surface area contributed by atoms with E-state index in [1.807, 2.05) is 6.07 Å². The van der Waals surface area contributed by atoms with E-state index in [-0.39, 0.29) is 0 Å². The fourth-order valence-corrected chi connectivity index (χ4v) is 2.19. The smallest absolute Gasteiger partial charge is 0.122 e. The Labute approximate surface area is 118 Å². The Morgan fingerprint density at radius 2 is 1.89 bits per heavy atom. The number of ether oxygens (including phenoxy) is 1. The minimum atomic E-state index is 0.295. The average Bonchev–Trinajstić information content (AvgIpc) is 2.39. The van der Waals surface area contributed by atoms with Gasteiger partial charge in [0.15, 0.2) is 0 Å². The fraction of sp³-hybridized carbons (Fsp3) is 0.647. The Kier molecular flexibility index (Phi) is 7.57. The summed E-state index contributed by atoms with van der Waals surface area (Å²) in [6.45, 7) is 10.1. The Hall–Kier alpha value is -1.02. The molecule has 2 nitrogen and oxygen atoms in total. The molecule has 0 fully saturated rings. The largest absolute Gasteiger partial charge is 0.490 e. The van der Waals surface area contributed by atoms with Gasteiger partial charge in [-0.25, -0.2) is 0 Å². The molecule has 0 bridgehead atoms. The van der Waals surface area contributed by atoms with Gasteiger partial charge in [0, 0.05) is 6.42 Å². The van der Waals surface area contributed by atoms with Crippen LogP contribution in [-0.4, -0.2) is 18.7 Å². The predicted octanol–water partition coefficient (Wildman–Crippen LogP) is 3.29. The van der Waals surface area contributed by atoms with Gasteiger partial charge in [-0.1, -0.05) is 31.5 Å². The summed E-state index contributed by atoms with van der Waals surface area (Å²) in [4.78, 5) is 0. The van der Waals surface area contributed by atoms with Crippen LogP contribution >= 0.6 is 0 Å². The average molecular weight is 264 g/mol. The molecule has 108 valence electrons. The Morgan fingerprint density at radius 1 is 1.16 bits per heavy atom. The van der Waals surface area contributed by atoms with E-state index in [2.05, 4.69) is 51.2 Å². The first-order valence-corrected chi connectivity index (χ1v) is 7.69.